The van der Waals surface area contributed by atoms with E-state index in [1.807, 2.05) is 41.3 Å². The van der Waals surface area contributed by atoms with Gasteiger partial charge in [-0.25, -0.2) is 0 Å². The van der Waals surface area contributed by atoms with Crippen LogP contribution < -0.4 is 15.2 Å². The third kappa shape index (κ3) is 6.92. The lowest BCUT2D eigenvalue weighted by Gasteiger charge is -2.30. The topological polar surface area (TPSA) is 105 Å². The molecule has 8 nitrogen and oxygen atoms in total. The summed E-state index contributed by atoms with van der Waals surface area (Å²) < 4.78 is 11.3. The lowest BCUT2D eigenvalue weighted by atomic mass is 9.82. The molecule has 1 amide bonds. The van der Waals surface area contributed by atoms with Crippen molar-refractivity contribution in [3.63, 3.8) is 0 Å². The third-order valence-electron chi connectivity index (χ3n) is 8.15. The van der Waals surface area contributed by atoms with Crippen LogP contribution >= 0.6 is 0 Å². The molecule has 212 valence electrons. The Morgan fingerprint density at radius 1 is 1.15 bits per heavy atom. The zero-order chi connectivity index (χ0) is 27.8. The fraction of sp³-hybridized carbons (Fsp3) is 0.548. The highest BCUT2D eigenvalue weighted by molar-refractivity contribution is 5.79. The van der Waals surface area contributed by atoms with Gasteiger partial charge < -0.3 is 25.2 Å². The smallest absolute Gasteiger partial charge is 0.308 e. The SMILES string of the molecule is CCCCN(CCCCN)C(=O)CN1CC(c2ccc3c(c2)CCO3)C(C(=O)O)C1Cc1ccccc1OC. The minimum absolute atomic E-state index is 0.0534. The van der Waals surface area contributed by atoms with Gasteiger partial charge >= 0.3 is 5.97 Å². The maximum absolute atomic E-state index is 13.7. The average Bonchev–Trinajstić information content (AvgIpc) is 3.55. The summed E-state index contributed by atoms with van der Waals surface area (Å²) in [4.78, 5) is 30.6. The first-order valence-electron chi connectivity index (χ1n) is 14.3. The highest BCUT2D eigenvalue weighted by Crippen LogP contribution is 2.41. The number of fused-ring (bicyclic) bond motifs is 1. The highest BCUT2D eigenvalue weighted by atomic mass is 16.5. The molecule has 0 aliphatic carbocycles. The van der Waals surface area contributed by atoms with Crippen LogP contribution in [0.4, 0.5) is 0 Å². The molecule has 39 heavy (non-hydrogen) atoms. The zero-order valence-corrected chi connectivity index (χ0v) is 23.3. The number of amides is 1. The number of para-hydroxylation sites is 1. The van der Waals surface area contributed by atoms with Crippen molar-refractivity contribution in [1.82, 2.24) is 9.80 Å². The van der Waals surface area contributed by atoms with E-state index >= 15 is 0 Å². The van der Waals surface area contributed by atoms with Gasteiger partial charge in [-0.05, 0) is 61.1 Å². The molecule has 2 aliphatic rings. The standard InChI is InChI=1S/C31H43N3O5/c1-3-4-15-33(16-8-7-14-32)29(35)21-34-20-25(22-11-12-28-24(18-22)13-17-39-28)30(31(36)37)26(34)19-23-9-5-6-10-27(23)38-2/h5-6,9-12,18,25-26,30H,3-4,7-8,13-17,19-21,32H2,1-2H3,(H,36,37). The number of unbranched alkanes of at least 4 members (excludes halogenated alkanes) is 2. The Bertz CT molecular complexity index is 1120. The van der Waals surface area contributed by atoms with Crippen molar-refractivity contribution < 1.29 is 24.2 Å². The van der Waals surface area contributed by atoms with Crippen molar-refractivity contribution in [2.24, 2.45) is 11.7 Å². The van der Waals surface area contributed by atoms with Gasteiger partial charge in [0.05, 0.1) is 26.2 Å². The molecule has 0 bridgehead atoms. The van der Waals surface area contributed by atoms with E-state index in [-0.39, 0.29) is 24.4 Å². The molecule has 2 aromatic carbocycles. The van der Waals surface area contributed by atoms with E-state index in [0.29, 0.717) is 39.2 Å². The van der Waals surface area contributed by atoms with Crippen LogP contribution in [0.5, 0.6) is 11.5 Å². The summed E-state index contributed by atoms with van der Waals surface area (Å²) in [5, 5.41) is 10.5. The largest absolute Gasteiger partial charge is 0.496 e. The first kappa shape index (κ1) is 28.9. The van der Waals surface area contributed by atoms with Gasteiger partial charge in [0, 0.05) is 38.0 Å². The number of carbonyl (C=O) groups excluding carboxylic acids is 1. The molecule has 8 heteroatoms. The minimum atomic E-state index is -0.836. The van der Waals surface area contributed by atoms with E-state index in [1.54, 1.807) is 7.11 Å². The lowest BCUT2D eigenvalue weighted by Crippen LogP contribution is -2.45. The van der Waals surface area contributed by atoms with Crippen molar-refractivity contribution in [3.8, 4) is 11.5 Å². The Balaban J connectivity index is 1.64. The number of aliphatic carboxylic acids is 1. The van der Waals surface area contributed by atoms with E-state index in [1.165, 1.54) is 0 Å². The number of nitrogens with zero attached hydrogens (tertiary/aromatic N) is 2. The number of carboxylic acid groups (broad SMARTS) is 1. The Labute approximate surface area is 232 Å². The van der Waals surface area contributed by atoms with Gasteiger partial charge in [-0.1, -0.05) is 43.7 Å². The Kier molecular flexibility index (Phi) is 10.2. The quantitative estimate of drug-likeness (QED) is 0.354. The van der Waals surface area contributed by atoms with Crippen LogP contribution in [0.2, 0.25) is 0 Å². The second-order valence-electron chi connectivity index (χ2n) is 10.7. The number of hydrogen-bond donors (Lipinski definition) is 2. The van der Waals surface area contributed by atoms with Crippen LogP contribution in [0.3, 0.4) is 0 Å². The molecular formula is C31H43N3O5. The van der Waals surface area contributed by atoms with Crippen LogP contribution in [0.15, 0.2) is 42.5 Å². The van der Waals surface area contributed by atoms with Gasteiger partial charge in [0.1, 0.15) is 11.5 Å². The number of benzene rings is 2. The van der Waals surface area contributed by atoms with E-state index < -0.39 is 11.9 Å². The maximum atomic E-state index is 13.7. The van der Waals surface area contributed by atoms with Gasteiger partial charge in [0.15, 0.2) is 0 Å². The van der Waals surface area contributed by atoms with Crippen LogP contribution in [0, 0.1) is 5.92 Å². The normalized spacial score (nSPS) is 20.4. The Morgan fingerprint density at radius 2 is 1.95 bits per heavy atom. The summed E-state index contributed by atoms with van der Waals surface area (Å²) in [6.45, 7) is 5.47. The summed E-state index contributed by atoms with van der Waals surface area (Å²) >= 11 is 0. The van der Waals surface area contributed by atoms with E-state index in [0.717, 1.165) is 60.3 Å². The summed E-state index contributed by atoms with van der Waals surface area (Å²) in [5.41, 5.74) is 8.77. The molecule has 0 spiro atoms. The molecule has 2 heterocycles. The molecule has 4 rings (SSSR count). The van der Waals surface area contributed by atoms with E-state index in [4.69, 9.17) is 15.2 Å². The molecule has 2 aromatic rings. The summed E-state index contributed by atoms with van der Waals surface area (Å²) in [6.07, 6.45) is 5.01. The van der Waals surface area contributed by atoms with Crippen LogP contribution in [-0.4, -0.2) is 79.3 Å². The fourth-order valence-electron chi connectivity index (χ4n) is 6.05. The molecule has 3 atom stereocenters. The van der Waals surface area contributed by atoms with E-state index in [9.17, 15) is 14.7 Å². The number of hydrogen-bond acceptors (Lipinski definition) is 6. The van der Waals surface area contributed by atoms with Gasteiger partial charge in [0.2, 0.25) is 5.91 Å². The zero-order valence-electron chi connectivity index (χ0n) is 23.3. The predicted molar refractivity (Wildman–Crippen MR) is 151 cm³/mol. The fourth-order valence-corrected chi connectivity index (χ4v) is 6.05. The highest BCUT2D eigenvalue weighted by Gasteiger charge is 2.47. The maximum Gasteiger partial charge on any atom is 0.308 e. The average molecular weight is 538 g/mol. The van der Waals surface area contributed by atoms with Crippen molar-refractivity contribution in [2.45, 2.75) is 57.4 Å². The summed E-state index contributed by atoms with van der Waals surface area (Å²) in [6, 6.07) is 13.5. The molecular weight excluding hydrogens is 494 g/mol. The second-order valence-corrected chi connectivity index (χ2v) is 10.7. The second kappa shape index (κ2) is 13.8. The van der Waals surface area contributed by atoms with Crippen LogP contribution in [0.25, 0.3) is 0 Å². The van der Waals surface area contributed by atoms with Crippen molar-refractivity contribution >= 4 is 11.9 Å². The molecule has 0 aromatic heterocycles. The number of carbonyl (C=O) groups is 2. The number of carboxylic acids is 1. The summed E-state index contributed by atoms with van der Waals surface area (Å²) in [7, 11) is 1.63. The Morgan fingerprint density at radius 3 is 2.69 bits per heavy atom. The predicted octanol–water partition coefficient (Wildman–Crippen LogP) is 3.71. The number of likely N-dealkylation sites (tertiary alicyclic amines) is 1. The first-order valence-corrected chi connectivity index (χ1v) is 14.3. The molecule has 0 radical (unpaired) electrons. The first-order chi connectivity index (χ1) is 19.0. The third-order valence-corrected chi connectivity index (χ3v) is 8.15. The number of methoxy groups -OCH3 is 1. The number of nitrogens with two attached hydrogens (primary N) is 1. The van der Waals surface area contributed by atoms with E-state index in [2.05, 4.69) is 17.9 Å². The number of ether oxygens (including phenoxy) is 2. The number of rotatable bonds is 14. The molecule has 0 saturated carbocycles. The van der Waals surface area contributed by atoms with Crippen molar-refractivity contribution in [1.29, 1.82) is 0 Å². The molecule has 3 unspecified atom stereocenters. The Hall–Kier alpha value is -3.10. The van der Waals surface area contributed by atoms with Crippen molar-refractivity contribution in [3.05, 3.63) is 59.2 Å². The van der Waals surface area contributed by atoms with Gasteiger partial charge in [-0.3, -0.25) is 14.5 Å². The van der Waals surface area contributed by atoms with Crippen molar-refractivity contribution in [2.75, 3.05) is 46.4 Å². The van der Waals surface area contributed by atoms with Crippen LogP contribution in [-0.2, 0) is 22.4 Å². The molecule has 1 saturated heterocycles. The van der Waals surface area contributed by atoms with Crippen LogP contribution in [0.1, 0.15) is 55.2 Å². The summed E-state index contributed by atoms with van der Waals surface area (Å²) in [5.74, 6) is -0.0654. The van der Waals surface area contributed by atoms with Gasteiger partial charge in [0.25, 0.3) is 0 Å². The molecule has 1 fully saturated rings. The monoisotopic (exact) mass is 537 g/mol. The van der Waals surface area contributed by atoms with Gasteiger partial charge in [-0.15, -0.1) is 0 Å². The van der Waals surface area contributed by atoms with Gasteiger partial charge in [-0.2, -0.15) is 0 Å². The lowest BCUT2D eigenvalue weighted by molar-refractivity contribution is -0.143. The molecule has 3 N–H and O–H groups in total. The minimum Gasteiger partial charge on any atom is -0.496 e. The molecule has 2 aliphatic heterocycles.